The fourth-order valence-corrected chi connectivity index (χ4v) is 1.72. The molecule has 0 fully saturated rings. The first-order valence-electron chi connectivity index (χ1n) is 5.54. The van der Waals surface area contributed by atoms with Gasteiger partial charge in [-0.25, -0.2) is 0 Å². The van der Waals surface area contributed by atoms with Crippen molar-refractivity contribution in [2.24, 2.45) is 0 Å². The van der Waals surface area contributed by atoms with Crippen LogP contribution in [0.15, 0.2) is 36.7 Å². The third kappa shape index (κ3) is 2.79. The molecule has 0 aliphatic heterocycles. The highest BCUT2D eigenvalue weighted by atomic mass is 16.1. The van der Waals surface area contributed by atoms with Gasteiger partial charge in [0.1, 0.15) is 0 Å². The number of carbonyl (C=O) groups is 1. The predicted molar refractivity (Wildman–Crippen MR) is 67.5 cm³/mol. The van der Waals surface area contributed by atoms with E-state index in [1.165, 1.54) is 5.39 Å². The van der Waals surface area contributed by atoms with Crippen molar-refractivity contribution < 1.29 is 4.79 Å². The number of benzene rings is 1. The van der Waals surface area contributed by atoms with Gasteiger partial charge >= 0.3 is 0 Å². The molecule has 0 saturated heterocycles. The SMILES string of the molecule is CNC(=O)CNCc1cncc2ccccc12. The molecule has 2 N–H and O–H groups in total. The summed E-state index contributed by atoms with van der Waals surface area (Å²) >= 11 is 0. The van der Waals surface area contributed by atoms with Crippen molar-refractivity contribution in [2.45, 2.75) is 6.54 Å². The molecule has 4 nitrogen and oxygen atoms in total. The number of pyridine rings is 1. The lowest BCUT2D eigenvalue weighted by atomic mass is 10.1. The molecule has 1 aromatic heterocycles. The number of hydrogen-bond acceptors (Lipinski definition) is 3. The van der Waals surface area contributed by atoms with Crippen molar-refractivity contribution in [3.63, 3.8) is 0 Å². The van der Waals surface area contributed by atoms with E-state index in [4.69, 9.17) is 0 Å². The third-order valence-electron chi connectivity index (χ3n) is 2.63. The molecule has 88 valence electrons. The van der Waals surface area contributed by atoms with Gasteiger partial charge in [0.05, 0.1) is 6.54 Å². The molecule has 0 bridgehead atoms. The quantitative estimate of drug-likeness (QED) is 0.824. The molecule has 0 saturated carbocycles. The van der Waals surface area contributed by atoms with Crippen molar-refractivity contribution in [1.29, 1.82) is 0 Å². The summed E-state index contributed by atoms with van der Waals surface area (Å²) in [5, 5.41) is 7.95. The largest absolute Gasteiger partial charge is 0.358 e. The van der Waals surface area contributed by atoms with E-state index in [0.717, 1.165) is 10.9 Å². The summed E-state index contributed by atoms with van der Waals surface area (Å²) in [5.41, 5.74) is 1.10. The third-order valence-corrected chi connectivity index (χ3v) is 2.63. The van der Waals surface area contributed by atoms with Crippen LogP contribution in [0.5, 0.6) is 0 Å². The second-order valence-corrected chi connectivity index (χ2v) is 3.80. The molecule has 0 atom stereocenters. The van der Waals surface area contributed by atoms with E-state index in [0.29, 0.717) is 13.1 Å². The fourth-order valence-electron chi connectivity index (χ4n) is 1.72. The number of likely N-dealkylation sites (N-methyl/N-ethyl adjacent to an activating group) is 1. The van der Waals surface area contributed by atoms with Crippen molar-refractivity contribution in [3.8, 4) is 0 Å². The van der Waals surface area contributed by atoms with Gasteiger partial charge in [0, 0.05) is 31.4 Å². The van der Waals surface area contributed by atoms with E-state index in [1.54, 1.807) is 7.05 Å². The highest BCUT2D eigenvalue weighted by molar-refractivity contribution is 5.84. The maximum Gasteiger partial charge on any atom is 0.233 e. The molecular weight excluding hydrogens is 214 g/mol. The molecule has 0 spiro atoms. The van der Waals surface area contributed by atoms with Crippen molar-refractivity contribution in [1.82, 2.24) is 15.6 Å². The Hall–Kier alpha value is -1.94. The summed E-state index contributed by atoms with van der Waals surface area (Å²) in [6.45, 7) is 0.960. The smallest absolute Gasteiger partial charge is 0.233 e. The van der Waals surface area contributed by atoms with Gasteiger partial charge in [-0.3, -0.25) is 9.78 Å². The Balaban J connectivity index is 2.11. The van der Waals surface area contributed by atoms with Gasteiger partial charge in [0.2, 0.25) is 5.91 Å². The topological polar surface area (TPSA) is 54.0 Å². The summed E-state index contributed by atoms with van der Waals surface area (Å²) < 4.78 is 0. The summed E-state index contributed by atoms with van der Waals surface area (Å²) in [5.74, 6) is -0.0156. The molecule has 17 heavy (non-hydrogen) atoms. The lowest BCUT2D eigenvalue weighted by Crippen LogP contribution is -2.31. The Morgan fingerprint density at radius 1 is 1.29 bits per heavy atom. The van der Waals surface area contributed by atoms with Crippen LogP contribution in [-0.2, 0) is 11.3 Å². The molecule has 4 heteroatoms. The van der Waals surface area contributed by atoms with Crippen LogP contribution in [0.25, 0.3) is 10.8 Å². The monoisotopic (exact) mass is 229 g/mol. The van der Waals surface area contributed by atoms with Crippen molar-refractivity contribution in [3.05, 3.63) is 42.2 Å². The van der Waals surface area contributed by atoms with Crippen LogP contribution in [0, 0.1) is 0 Å². The van der Waals surface area contributed by atoms with E-state index in [-0.39, 0.29) is 5.91 Å². The van der Waals surface area contributed by atoms with Crippen LogP contribution >= 0.6 is 0 Å². The fraction of sp³-hybridized carbons (Fsp3) is 0.231. The summed E-state index contributed by atoms with van der Waals surface area (Å²) in [6, 6.07) is 8.09. The zero-order valence-corrected chi connectivity index (χ0v) is 9.73. The maximum atomic E-state index is 11.1. The Labute approximate surface area is 100 Å². The number of fused-ring (bicyclic) bond motifs is 1. The molecule has 0 unspecified atom stereocenters. The molecule has 1 aromatic carbocycles. The minimum Gasteiger partial charge on any atom is -0.358 e. The summed E-state index contributed by atoms with van der Waals surface area (Å²) in [4.78, 5) is 15.3. The highest BCUT2D eigenvalue weighted by Crippen LogP contribution is 2.16. The van der Waals surface area contributed by atoms with Crippen molar-refractivity contribution in [2.75, 3.05) is 13.6 Å². The first kappa shape index (κ1) is 11.5. The molecule has 2 rings (SSSR count). The van der Waals surface area contributed by atoms with E-state index in [1.807, 2.05) is 30.6 Å². The Bertz CT molecular complexity index is 520. The lowest BCUT2D eigenvalue weighted by Gasteiger charge is -2.07. The molecule has 2 aromatic rings. The maximum absolute atomic E-state index is 11.1. The van der Waals surface area contributed by atoms with Crippen molar-refractivity contribution >= 4 is 16.7 Å². The zero-order valence-electron chi connectivity index (χ0n) is 9.73. The van der Waals surface area contributed by atoms with Gasteiger partial charge < -0.3 is 10.6 Å². The number of nitrogens with zero attached hydrogens (tertiary/aromatic N) is 1. The number of amides is 1. The van der Waals surface area contributed by atoms with Crippen LogP contribution in [0.2, 0.25) is 0 Å². The number of carbonyl (C=O) groups excluding carboxylic acids is 1. The minimum absolute atomic E-state index is 0.0156. The zero-order chi connectivity index (χ0) is 12.1. The van der Waals surface area contributed by atoms with Crippen LogP contribution in [-0.4, -0.2) is 24.5 Å². The van der Waals surface area contributed by atoms with Crippen LogP contribution in [0.4, 0.5) is 0 Å². The minimum atomic E-state index is -0.0156. The number of hydrogen-bond donors (Lipinski definition) is 2. The van der Waals surface area contributed by atoms with Crippen LogP contribution in [0.1, 0.15) is 5.56 Å². The number of aromatic nitrogens is 1. The Morgan fingerprint density at radius 3 is 2.94 bits per heavy atom. The van der Waals surface area contributed by atoms with E-state index in [9.17, 15) is 4.79 Å². The molecule has 1 amide bonds. The van der Waals surface area contributed by atoms with Gasteiger partial charge in [-0.2, -0.15) is 0 Å². The van der Waals surface area contributed by atoms with Gasteiger partial charge in [-0.1, -0.05) is 24.3 Å². The van der Waals surface area contributed by atoms with Gasteiger partial charge in [-0.05, 0) is 10.9 Å². The average Bonchev–Trinajstić information content (AvgIpc) is 2.39. The molecule has 0 radical (unpaired) electrons. The summed E-state index contributed by atoms with van der Waals surface area (Å²) in [7, 11) is 1.63. The predicted octanol–water partition coefficient (Wildman–Crippen LogP) is 1.07. The molecular formula is C13H15N3O. The van der Waals surface area contributed by atoms with Crippen LogP contribution < -0.4 is 10.6 Å². The second-order valence-electron chi connectivity index (χ2n) is 3.80. The summed E-state index contributed by atoms with van der Waals surface area (Å²) in [6.07, 6.45) is 3.68. The Kier molecular flexibility index (Phi) is 3.67. The highest BCUT2D eigenvalue weighted by Gasteiger charge is 2.02. The standard InChI is InChI=1S/C13H15N3O/c1-14-13(17)9-16-8-11-7-15-6-10-4-2-3-5-12(10)11/h2-7,16H,8-9H2,1H3,(H,14,17). The van der Waals surface area contributed by atoms with E-state index >= 15 is 0 Å². The first-order chi connectivity index (χ1) is 8.31. The number of rotatable bonds is 4. The Morgan fingerprint density at radius 2 is 2.12 bits per heavy atom. The second kappa shape index (κ2) is 5.41. The molecule has 1 heterocycles. The molecule has 0 aliphatic rings. The molecule has 0 aliphatic carbocycles. The van der Waals surface area contributed by atoms with Gasteiger partial charge in [0.25, 0.3) is 0 Å². The van der Waals surface area contributed by atoms with Gasteiger partial charge in [0.15, 0.2) is 0 Å². The van der Waals surface area contributed by atoms with Crippen LogP contribution in [0.3, 0.4) is 0 Å². The lowest BCUT2D eigenvalue weighted by molar-refractivity contribution is -0.119. The van der Waals surface area contributed by atoms with Gasteiger partial charge in [-0.15, -0.1) is 0 Å². The van der Waals surface area contributed by atoms with E-state index in [2.05, 4.69) is 21.7 Å². The average molecular weight is 229 g/mol. The first-order valence-corrected chi connectivity index (χ1v) is 5.54. The number of nitrogens with one attached hydrogen (secondary N) is 2. The van der Waals surface area contributed by atoms with E-state index < -0.39 is 0 Å². The normalized spacial score (nSPS) is 10.4.